The Hall–Kier alpha value is -0.160. The van der Waals surface area contributed by atoms with Gasteiger partial charge in [0.05, 0.1) is 6.10 Å². The van der Waals surface area contributed by atoms with E-state index in [0.29, 0.717) is 12.1 Å². The van der Waals surface area contributed by atoms with Crippen LogP contribution < -0.4 is 5.32 Å². The van der Waals surface area contributed by atoms with Crippen molar-refractivity contribution >= 4 is 0 Å². The number of methoxy groups -OCH3 is 2. The third-order valence-electron chi connectivity index (χ3n) is 3.08. The van der Waals surface area contributed by atoms with E-state index in [0.717, 1.165) is 32.4 Å². The summed E-state index contributed by atoms with van der Waals surface area (Å²) in [6, 6.07) is 0.540. The topological polar surface area (TPSA) is 39.7 Å². The molecule has 1 saturated heterocycles. The molecule has 1 aliphatic heterocycles. The van der Waals surface area contributed by atoms with Crippen molar-refractivity contribution in [3.05, 3.63) is 0 Å². The van der Waals surface area contributed by atoms with Crippen LogP contribution in [0.1, 0.15) is 32.6 Å². The average molecular weight is 231 g/mol. The Bertz CT molecular complexity index is 172. The van der Waals surface area contributed by atoms with Gasteiger partial charge in [-0.3, -0.25) is 0 Å². The first-order valence-electron chi connectivity index (χ1n) is 6.20. The Labute approximate surface area is 98.6 Å². The first-order chi connectivity index (χ1) is 7.80. The second kappa shape index (κ2) is 8.01. The molecule has 0 bridgehead atoms. The standard InChI is InChI=1S/C12H25NO3/c1-4-5-11-8-10(6-7-16-11)13-9-12(14-2)15-3/h10-13H,4-9H2,1-3H3. The van der Waals surface area contributed by atoms with Crippen LogP contribution in [0.2, 0.25) is 0 Å². The Kier molecular flexibility index (Phi) is 6.96. The average Bonchev–Trinajstić information content (AvgIpc) is 2.31. The van der Waals surface area contributed by atoms with Crippen LogP contribution in [-0.4, -0.2) is 45.8 Å². The molecule has 1 fully saturated rings. The second-order valence-electron chi connectivity index (χ2n) is 4.31. The lowest BCUT2D eigenvalue weighted by Crippen LogP contribution is -2.42. The van der Waals surface area contributed by atoms with E-state index in [1.165, 1.54) is 6.42 Å². The highest BCUT2D eigenvalue weighted by atomic mass is 16.7. The van der Waals surface area contributed by atoms with Gasteiger partial charge in [-0.25, -0.2) is 0 Å². The van der Waals surface area contributed by atoms with Gasteiger partial charge >= 0.3 is 0 Å². The molecule has 0 spiro atoms. The van der Waals surface area contributed by atoms with Gasteiger partial charge < -0.3 is 19.5 Å². The van der Waals surface area contributed by atoms with E-state index in [4.69, 9.17) is 14.2 Å². The summed E-state index contributed by atoms with van der Waals surface area (Å²) in [5, 5.41) is 3.48. The summed E-state index contributed by atoms with van der Waals surface area (Å²) in [6.45, 7) is 3.82. The minimum absolute atomic E-state index is 0.146. The maximum Gasteiger partial charge on any atom is 0.169 e. The van der Waals surface area contributed by atoms with Crippen LogP contribution in [0.25, 0.3) is 0 Å². The molecule has 0 aromatic carbocycles. The lowest BCUT2D eigenvalue weighted by Gasteiger charge is -2.31. The molecule has 96 valence electrons. The quantitative estimate of drug-likeness (QED) is 0.675. The molecule has 0 aliphatic carbocycles. The van der Waals surface area contributed by atoms with Gasteiger partial charge in [0.15, 0.2) is 6.29 Å². The Morgan fingerprint density at radius 3 is 2.75 bits per heavy atom. The molecule has 4 heteroatoms. The van der Waals surface area contributed by atoms with E-state index >= 15 is 0 Å². The predicted octanol–water partition coefficient (Wildman–Crippen LogP) is 1.54. The first-order valence-corrected chi connectivity index (χ1v) is 6.20. The normalized spacial score (nSPS) is 26.2. The molecule has 16 heavy (non-hydrogen) atoms. The van der Waals surface area contributed by atoms with Gasteiger partial charge in [-0.2, -0.15) is 0 Å². The van der Waals surface area contributed by atoms with Crippen LogP contribution in [-0.2, 0) is 14.2 Å². The van der Waals surface area contributed by atoms with Crippen LogP contribution in [0, 0.1) is 0 Å². The maximum atomic E-state index is 5.71. The number of hydrogen-bond acceptors (Lipinski definition) is 4. The van der Waals surface area contributed by atoms with Crippen molar-refractivity contribution in [1.82, 2.24) is 5.32 Å². The monoisotopic (exact) mass is 231 g/mol. The van der Waals surface area contributed by atoms with Gasteiger partial charge in [-0.1, -0.05) is 13.3 Å². The summed E-state index contributed by atoms with van der Waals surface area (Å²) < 4.78 is 16.0. The van der Waals surface area contributed by atoms with Gasteiger partial charge in [0.25, 0.3) is 0 Å². The van der Waals surface area contributed by atoms with E-state index in [1.54, 1.807) is 14.2 Å². The van der Waals surface area contributed by atoms with Crippen molar-refractivity contribution in [1.29, 1.82) is 0 Å². The fourth-order valence-corrected chi connectivity index (χ4v) is 2.11. The molecule has 1 aliphatic rings. The lowest BCUT2D eigenvalue weighted by molar-refractivity contribution is -0.102. The molecule has 0 aromatic rings. The summed E-state index contributed by atoms with van der Waals surface area (Å²) in [4.78, 5) is 0. The molecular formula is C12H25NO3. The van der Waals surface area contributed by atoms with E-state index in [2.05, 4.69) is 12.2 Å². The van der Waals surface area contributed by atoms with Crippen LogP contribution in [0.3, 0.4) is 0 Å². The summed E-state index contributed by atoms with van der Waals surface area (Å²) in [5.74, 6) is 0. The highest BCUT2D eigenvalue weighted by molar-refractivity contribution is 4.77. The largest absolute Gasteiger partial charge is 0.378 e. The van der Waals surface area contributed by atoms with E-state index in [1.807, 2.05) is 0 Å². The Morgan fingerprint density at radius 2 is 2.12 bits per heavy atom. The molecule has 0 radical (unpaired) electrons. The van der Waals surface area contributed by atoms with Gasteiger partial charge in [0.1, 0.15) is 0 Å². The molecule has 0 saturated carbocycles. The molecule has 4 nitrogen and oxygen atoms in total. The SMILES string of the molecule is CCCC1CC(NCC(OC)OC)CCO1. The first kappa shape index (κ1) is 13.9. The summed E-state index contributed by atoms with van der Waals surface area (Å²) in [5.41, 5.74) is 0. The van der Waals surface area contributed by atoms with Gasteiger partial charge in [0, 0.05) is 33.4 Å². The molecule has 2 unspecified atom stereocenters. The summed E-state index contributed by atoms with van der Waals surface area (Å²) >= 11 is 0. The van der Waals surface area contributed by atoms with E-state index in [9.17, 15) is 0 Å². The number of hydrogen-bond donors (Lipinski definition) is 1. The fraction of sp³-hybridized carbons (Fsp3) is 1.00. The Morgan fingerprint density at radius 1 is 1.38 bits per heavy atom. The molecule has 1 rings (SSSR count). The van der Waals surface area contributed by atoms with Crippen molar-refractivity contribution < 1.29 is 14.2 Å². The second-order valence-corrected chi connectivity index (χ2v) is 4.31. The van der Waals surface area contributed by atoms with Crippen molar-refractivity contribution in [3.8, 4) is 0 Å². The molecule has 1 heterocycles. The van der Waals surface area contributed by atoms with Crippen molar-refractivity contribution in [3.63, 3.8) is 0 Å². The van der Waals surface area contributed by atoms with Crippen LogP contribution in [0.4, 0.5) is 0 Å². The minimum Gasteiger partial charge on any atom is -0.378 e. The summed E-state index contributed by atoms with van der Waals surface area (Å²) in [7, 11) is 3.33. The smallest absolute Gasteiger partial charge is 0.169 e. The lowest BCUT2D eigenvalue weighted by atomic mass is 10.0. The number of ether oxygens (including phenoxy) is 3. The van der Waals surface area contributed by atoms with E-state index in [-0.39, 0.29) is 6.29 Å². The van der Waals surface area contributed by atoms with Crippen molar-refractivity contribution in [2.45, 2.75) is 51.0 Å². The minimum atomic E-state index is -0.146. The number of rotatable bonds is 7. The molecule has 0 amide bonds. The van der Waals surface area contributed by atoms with Crippen LogP contribution in [0.5, 0.6) is 0 Å². The van der Waals surface area contributed by atoms with E-state index < -0.39 is 0 Å². The predicted molar refractivity (Wildman–Crippen MR) is 63.5 cm³/mol. The fourth-order valence-electron chi connectivity index (χ4n) is 2.11. The van der Waals surface area contributed by atoms with Crippen molar-refractivity contribution in [2.24, 2.45) is 0 Å². The van der Waals surface area contributed by atoms with Gasteiger partial charge in [0.2, 0.25) is 0 Å². The zero-order valence-electron chi connectivity index (χ0n) is 10.7. The molecule has 0 aromatic heterocycles. The maximum absolute atomic E-state index is 5.71. The molecular weight excluding hydrogens is 206 g/mol. The zero-order valence-corrected chi connectivity index (χ0v) is 10.7. The zero-order chi connectivity index (χ0) is 11.8. The van der Waals surface area contributed by atoms with Crippen LogP contribution in [0.15, 0.2) is 0 Å². The summed E-state index contributed by atoms with van der Waals surface area (Å²) in [6.07, 6.45) is 4.83. The third kappa shape index (κ3) is 4.78. The van der Waals surface area contributed by atoms with Crippen molar-refractivity contribution in [2.75, 3.05) is 27.4 Å². The number of nitrogens with one attached hydrogen (secondary N) is 1. The highest BCUT2D eigenvalue weighted by Gasteiger charge is 2.22. The van der Waals surface area contributed by atoms with Gasteiger partial charge in [-0.05, 0) is 19.3 Å². The van der Waals surface area contributed by atoms with Crippen LogP contribution >= 0.6 is 0 Å². The molecule has 2 atom stereocenters. The van der Waals surface area contributed by atoms with Gasteiger partial charge in [-0.15, -0.1) is 0 Å². The third-order valence-corrected chi connectivity index (χ3v) is 3.08. The Balaban J connectivity index is 2.20. The highest BCUT2D eigenvalue weighted by Crippen LogP contribution is 2.17. The molecule has 1 N–H and O–H groups in total.